The van der Waals surface area contributed by atoms with E-state index in [2.05, 4.69) is 5.32 Å². The molecule has 2 N–H and O–H groups in total. The smallest absolute Gasteiger partial charge is 0.371 e. The van der Waals surface area contributed by atoms with Crippen molar-refractivity contribution in [3.63, 3.8) is 0 Å². The van der Waals surface area contributed by atoms with Gasteiger partial charge in [0.05, 0.1) is 6.04 Å². The van der Waals surface area contributed by atoms with Crippen LogP contribution in [-0.4, -0.2) is 17.0 Å². The third-order valence-corrected chi connectivity index (χ3v) is 3.92. The summed E-state index contributed by atoms with van der Waals surface area (Å²) in [7, 11) is 0. The summed E-state index contributed by atoms with van der Waals surface area (Å²) >= 11 is 1.68. The molecule has 1 atom stereocenters. The Morgan fingerprint density at radius 1 is 1.30 bits per heavy atom. The third kappa shape index (κ3) is 2.91. The van der Waals surface area contributed by atoms with Crippen molar-refractivity contribution in [2.75, 3.05) is 0 Å². The van der Waals surface area contributed by atoms with Crippen LogP contribution in [0.3, 0.4) is 0 Å². The molecule has 0 spiro atoms. The predicted molar refractivity (Wildman–Crippen MR) is 75.3 cm³/mol. The number of carboxylic acid groups (broad SMARTS) is 1. The molecule has 0 aliphatic rings. The molecule has 0 unspecified atom stereocenters. The molecular formula is C14H15NO4S. The fourth-order valence-electron chi connectivity index (χ4n) is 2.00. The molecular weight excluding hydrogens is 278 g/mol. The highest BCUT2D eigenvalue weighted by molar-refractivity contribution is 7.12. The fourth-order valence-corrected chi connectivity index (χ4v) is 3.02. The van der Waals surface area contributed by atoms with E-state index in [0.29, 0.717) is 0 Å². The number of furan rings is 1. The second kappa shape index (κ2) is 5.50. The molecule has 2 rings (SSSR count). The lowest BCUT2D eigenvalue weighted by Crippen LogP contribution is -2.26. The van der Waals surface area contributed by atoms with E-state index in [1.165, 1.54) is 17.0 Å². The summed E-state index contributed by atoms with van der Waals surface area (Å²) in [5.74, 6) is -1.86. The van der Waals surface area contributed by atoms with Crippen LogP contribution >= 0.6 is 11.3 Å². The number of nitrogens with one attached hydrogen (secondary N) is 1. The van der Waals surface area contributed by atoms with Crippen LogP contribution < -0.4 is 5.32 Å². The van der Waals surface area contributed by atoms with Crippen LogP contribution in [0, 0.1) is 13.8 Å². The fraction of sp³-hybridized carbons (Fsp3) is 0.286. The lowest BCUT2D eigenvalue weighted by atomic mass is 10.1. The van der Waals surface area contributed by atoms with Crippen molar-refractivity contribution in [1.82, 2.24) is 5.32 Å². The normalized spacial score (nSPS) is 12.2. The maximum Gasteiger partial charge on any atom is 0.371 e. The molecule has 0 aromatic carbocycles. The summed E-state index contributed by atoms with van der Waals surface area (Å²) in [5, 5.41) is 11.6. The van der Waals surface area contributed by atoms with Crippen LogP contribution in [0.15, 0.2) is 22.6 Å². The van der Waals surface area contributed by atoms with Gasteiger partial charge in [0.25, 0.3) is 5.91 Å². The average Bonchev–Trinajstić information content (AvgIpc) is 2.95. The van der Waals surface area contributed by atoms with Gasteiger partial charge in [0, 0.05) is 9.75 Å². The van der Waals surface area contributed by atoms with Crippen molar-refractivity contribution in [3.05, 3.63) is 45.0 Å². The molecule has 0 saturated heterocycles. The third-order valence-electron chi connectivity index (χ3n) is 2.93. The molecule has 1 amide bonds. The molecule has 0 fully saturated rings. The van der Waals surface area contributed by atoms with Crippen molar-refractivity contribution >= 4 is 23.2 Å². The van der Waals surface area contributed by atoms with E-state index < -0.39 is 11.9 Å². The zero-order chi connectivity index (χ0) is 14.9. The summed E-state index contributed by atoms with van der Waals surface area (Å²) in [5.41, 5.74) is 1.06. The maximum atomic E-state index is 12.0. The van der Waals surface area contributed by atoms with Crippen molar-refractivity contribution < 1.29 is 19.1 Å². The van der Waals surface area contributed by atoms with Gasteiger partial charge in [-0.1, -0.05) is 0 Å². The lowest BCUT2D eigenvalue weighted by Gasteiger charge is -2.12. The summed E-state index contributed by atoms with van der Waals surface area (Å²) in [6.07, 6.45) is 0. The first-order chi connectivity index (χ1) is 9.38. The Morgan fingerprint density at radius 3 is 2.45 bits per heavy atom. The number of hydrogen-bond donors (Lipinski definition) is 2. The number of carbonyl (C=O) groups excluding carboxylic acids is 1. The summed E-state index contributed by atoms with van der Waals surface area (Å²) < 4.78 is 4.97. The van der Waals surface area contributed by atoms with E-state index in [4.69, 9.17) is 9.52 Å². The van der Waals surface area contributed by atoms with Crippen molar-refractivity contribution in [1.29, 1.82) is 0 Å². The summed E-state index contributed by atoms with van der Waals surface area (Å²) in [6.45, 7) is 5.90. The van der Waals surface area contributed by atoms with Gasteiger partial charge in [-0.2, -0.15) is 0 Å². The van der Waals surface area contributed by atoms with Gasteiger partial charge in [-0.25, -0.2) is 4.79 Å². The number of thiophene rings is 1. The number of rotatable bonds is 4. The van der Waals surface area contributed by atoms with Crippen LogP contribution in [-0.2, 0) is 0 Å². The van der Waals surface area contributed by atoms with Gasteiger partial charge in [-0.3, -0.25) is 4.79 Å². The van der Waals surface area contributed by atoms with E-state index in [1.807, 2.05) is 26.8 Å². The summed E-state index contributed by atoms with van der Waals surface area (Å²) in [4.78, 5) is 25.0. The van der Waals surface area contributed by atoms with E-state index in [9.17, 15) is 9.59 Å². The largest absolute Gasteiger partial charge is 0.475 e. The number of carbonyl (C=O) groups is 2. The van der Waals surface area contributed by atoms with Crippen LogP contribution in [0.1, 0.15) is 49.4 Å². The van der Waals surface area contributed by atoms with Crippen LogP contribution in [0.2, 0.25) is 0 Å². The monoisotopic (exact) mass is 293 g/mol. The number of carboxylic acids is 1. The van der Waals surface area contributed by atoms with Gasteiger partial charge in [0.15, 0.2) is 5.76 Å². The first-order valence-electron chi connectivity index (χ1n) is 6.09. The Morgan fingerprint density at radius 2 is 1.95 bits per heavy atom. The van der Waals surface area contributed by atoms with E-state index >= 15 is 0 Å². The molecule has 0 radical (unpaired) electrons. The zero-order valence-electron chi connectivity index (χ0n) is 11.4. The van der Waals surface area contributed by atoms with Crippen LogP contribution in [0.25, 0.3) is 0 Å². The van der Waals surface area contributed by atoms with E-state index in [1.54, 1.807) is 11.3 Å². The Hall–Kier alpha value is -2.08. The number of hydrogen-bond acceptors (Lipinski definition) is 4. The van der Waals surface area contributed by atoms with Gasteiger partial charge in [-0.05, 0) is 44.5 Å². The Kier molecular flexibility index (Phi) is 3.94. The quantitative estimate of drug-likeness (QED) is 0.907. The zero-order valence-corrected chi connectivity index (χ0v) is 12.2. The number of aryl methyl sites for hydroxylation is 2. The van der Waals surface area contributed by atoms with Gasteiger partial charge >= 0.3 is 5.97 Å². The van der Waals surface area contributed by atoms with E-state index in [-0.39, 0.29) is 17.6 Å². The van der Waals surface area contributed by atoms with Gasteiger partial charge in [0.1, 0.15) is 0 Å². The molecule has 2 aromatic rings. The van der Waals surface area contributed by atoms with E-state index in [0.717, 1.165) is 10.4 Å². The highest BCUT2D eigenvalue weighted by atomic mass is 32.1. The minimum atomic E-state index is -1.19. The highest BCUT2D eigenvalue weighted by Crippen LogP contribution is 2.26. The van der Waals surface area contributed by atoms with Crippen molar-refractivity contribution in [3.8, 4) is 0 Å². The second-order valence-electron chi connectivity index (χ2n) is 4.53. The minimum Gasteiger partial charge on any atom is -0.475 e. The molecule has 2 heterocycles. The Balaban J connectivity index is 2.10. The first kappa shape index (κ1) is 14.3. The molecule has 20 heavy (non-hydrogen) atoms. The predicted octanol–water partition coefficient (Wildman–Crippen LogP) is 3.15. The molecule has 2 aromatic heterocycles. The van der Waals surface area contributed by atoms with Crippen molar-refractivity contribution in [2.24, 2.45) is 0 Å². The first-order valence-corrected chi connectivity index (χ1v) is 6.91. The number of amides is 1. The maximum absolute atomic E-state index is 12.0. The lowest BCUT2D eigenvalue weighted by molar-refractivity contribution is 0.0659. The van der Waals surface area contributed by atoms with Crippen LogP contribution in [0.4, 0.5) is 0 Å². The Bertz CT molecular complexity index is 656. The Labute approximate surface area is 120 Å². The molecule has 5 nitrogen and oxygen atoms in total. The minimum absolute atomic E-state index is 0.00106. The van der Waals surface area contributed by atoms with Gasteiger partial charge in [0.2, 0.25) is 5.76 Å². The van der Waals surface area contributed by atoms with Gasteiger partial charge < -0.3 is 14.8 Å². The molecule has 0 bridgehead atoms. The molecule has 0 aliphatic carbocycles. The topological polar surface area (TPSA) is 79.5 Å². The summed E-state index contributed by atoms with van der Waals surface area (Å²) in [6, 6.07) is 4.50. The number of aromatic carboxylic acids is 1. The second-order valence-corrected chi connectivity index (χ2v) is 5.99. The van der Waals surface area contributed by atoms with Gasteiger partial charge in [-0.15, -0.1) is 11.3 Å². The molecule has 0 aliphatic heterocycles. The standard InChI is InChI=1S/C14H15NO4S/c1-7-6-10(9(3)20-7)8(2)15-13(16)11-4-5-12(19-11)14(17)18/h4-6,8H,1-3H3,(H,15,16)(H,17,18)/t8-/m1/s1. The molecule has 106 valence electrons. The van der Waals surface area contributed by atoms with Crippen LogP contribution in [0.5, 0.6) is 0 Å². The molecule has 0 saturated carbocycles. The van der Waals surface area contributed by atoms with Crippen molar-refractivity contribution in [2.45, 2.75) is 26.8 Å². The highest BCUT2D eigenvalue weighted by Gasteiger charge is 2.18. The molecule has 6 heteroatoms. The SMILES string of the molecule is Cc1cc([C@@H](C)NC(=O)c2ccc(C(=O)O)o2)c(C)s1. The average molecular weight is 293 g/mol.